The van der Waals surface area contributed by atoms with E-state index >= 15 is 0 Å². The van der Waals surface area contributed by atoms with Crippen LogP contribution in [-0.2, 0) is 27.2 Å². The molecule has 0 aliphatic carbocycles. The average molecular weight is 574 g/mol. The van der Waals surface area contributed by atoms with E-state index in [2.05, 4.69) is 35.1 Å². The van der Waals surface area contributed by atoms with Gasteiger partial charge in [-0.2, -0.15) is 0 Å². The molecule has 7 rings (SSSR count). The van der Waals surface area contributed by atoms with E-state index in [1.54, 1.807) is 4.90 Å². The van der Waals surface area contributed by atoms with Crippen molar-refractivity contribution in [2.75, 3.05) is 52.6 Å². The number of morpholine rings is 1. The lowest BCUT2D eigenvalue weighted by Gasteiger charge is -2.55. The number of H-pyrrole nitrogens is 1. The number of aromatic nitrogens is 2. The summed E-state index contributed by atoms with van der Waals surface area (Å²) in [5.41, 5.74) is 6.92. The van der Waals surface area contributed by atoms with Crippen molar-refractivity contribution in [3.8, 4) is 11.1 Å². The van der Waals surface area contributed by atoms with Gasteiger partial charge in [0.05, 0.1) is 37.9 Å². The van der Waals surface area contributed by atoms with E-state index in [4.69, 9.17) is 14.2 Å². The number of amides is 3. The predicted molar refractivity (Wildman–Crippen MR) is 157 cm³/mol. The molecule has 2 aromatic heterocycles. The Morgan fingerprint density at radius 1 is 1.07 bits per heavy atom. The monoisotopic (exact) mass is 573 g/mol. The molecule has 0 bridgehead atoms. The van der Waals surface area contributed by atoms with Gasteiger partial charge in [-0.3, -0.25) is 4.90 Å². The minimum absolute atomic E-state index is 0.0784. The number of carbonyl (C=O) groups excluding carboxylic acids is 2. The smallest absolute Gasteiger partial charge is 0.410 e. The molecule has 1 spiro atoms. The Morgan fingerprint density at radius 3 is 2.62 bits per heavy atom. The van der Waals surface area contributed by atoms with Gasteiger partial charge in [-0.1, -0.05) is 6.07 Å². The molecule has 3 amide bonds. The number of nitrogens with one attached hydrogen (secondary N) is 1. The molecular formula is C32H39N5O5. The molecule has 3 fully saturated rings. The number of likely N-dealkylation sites (tertiary alicyclic amines) is 1. The van der Waals surface area contributed by atoms with Gasteiger partial charge in [0.25, 0.3) is 0 Å². The molecule has 0 radical (unpaired) electrons. The lowest BCUT2D eigenvalue weighted by molar-refractivity contribution is -0.177. The van der Waals surface area contributed by atoms with Crippen LogP contribution in [0.25, 0.3) is 22.2 Å². The van der Waals surface area contributed by atoms with Crippen LogP contribution in [0, 0.1) is 12.3 Å². The first-order valence-electron chi connectivity index (χ1n) is 14.9. The highest BCUT2D eigenvalue weighted by molar-refractivity contribution is 5.85. The Labute approximate surface area is 245 Å². The zero-order valence-corrected chi connectivity index (χ0v) is 24.9. The Morgan fingerprint density at radius 2 is 1.88 bits per heavy atom. The molecule has 42 heavy (non-hydrogen) atoms. The second-order valence-electron chi connectivity index (χ2n) is 13.4. The van der Waals surface area contributed by atoms with E-state index < -0.39 is 5.60 Å². The van der Waals surface area contributed by atoms with Crippen molar-refractivity contribution in [3.63, 3.8) is 0 Å². The van der Waals surface area contributed by atoms with Crippen molar-refractivity contribution < 1.29 is 23.8 Å². The maximum atomic E-state index is 13.5. The summed E-state index contributed by atoms with van der Waals surface area (Å²) in [5.74, 6) is 0. The number of hydrogen-bond acceptors (Lipinski definition) is 6. The highest BCUT2D eigenvalue weighted by atomic mass is 16.6. The summed E-state index contributed by atoms with van der Waals surface area (Å²) in [5, 5.41) is 1.09. The summed E-state index contributed by atoms with van der Waals surface area (Å²) < 4.78 is 17.2. The highest BCUT2D eigenvalue weighted by Crippen LogP contribution is 2.40. The Bertz CT molecular complexity index is 1550. The summed E-state index contributed by atoms with van der Waals surface area (Å²) in [6.45, 7) is 13.2. The van der Waals surface area contributed by atoms with Gasteiger partial charge in [0.1, 0.15) is 11.2 Å². The lowest BCUT2D eigenvalue weighted by atomic mass is 9.78. The number of carbonyl (C=O) groups is 2. The van der Waals surface area contributed by atoms with E-state index in [-0.39, 0.29) is 23.6 Å². The zero-order valence-electron chi connectivity index (χ0n) is 24.9. The lowest BCUT2D eigenvalue weighted by Crippen LogP contribution is -2.68. The maximum absolute atomic E-state index is 13.5. The fourth-order valence-corrected chi connectivity index (χ4v) is 6.69. The fourth-order valence-electron chi connectivity index (χ4n) is 6.69. The van der Waals surface area contributed by atoms with Gasteiger partial charge in [-0.05, 0) is 74.1 Å². The molecule has 10 heteroatoms. The number of pyridine rings is 1. The molecule has 1 N–H and O–H groups in total. The summed E-state index contributed by atoms with van der Waals surface area (Å²) in [7, 11) is 0. The summed E-state index contributed by atoms with van der Waals surface area (Å²) >= 11 is 0. The quantitative estimate of drug-likeness (QED) is 0.479. The van der Waals surface area contributed by atoms with Crippen molar-refractivity contribution in [2.45, 2.75) is 52.3 Å². The Hall–Kier alpha value is -3.63. The van der Waals surface area contributed by atoms with Gasteiger partial charge in [0.2, 0.25) is 0 Å². The van der Waals surface area contributed by atoms with Crippen LogP contribution in [0.15, 0.2) is 30.6 Å². The molecule has 222 valence electrons. The maximum Gasteiger partial charge on any atom is 0.410 e. The van der Waals surface area contributed by atoms with Crippen LogP contribution in [0.3, 0.4) is 0 Å². The molecule has 4 aliphatic rings. The number of ether oxygens (including phenoxy) is 3. The normalized spacial score (nSPS) is 21.6. The number of fused-ring (bicyclic) bond motifs is 2. The van der Waals surface area contributed by atoms with Crippen molar-refractivity contribution in [1.29, 1.82) is 0 Å². The fraction of sp³-hybridized carbons (Fsp3) is 0.531. The number of hydrogen-bond donors (Lipinski definition) is 1. The van der Waals surface area contributed by atoms with Gasteiger partial charge in [0, 0.05) is 56.1 Å². The Kier molecular flexibility index (Phi) is 6.47. The molecule has 6 heterocycles. The molecule has 3 saturated heterocycles. The van der Waals surface area contributed by atoms with Gasteiger partial charge in [0.15, 0.2) is 0 Å². The van der Waals surface area contributed by atoms with E-state index in [0.717, 1.165) is 71.6 Å². The standard InChI is InChI=1S/C32H39N5O5/c1-20-12-33-28-24(20)11-23(13-34-28)22-9-21-5-6-35(29(38)36-16-32(17-36)18-41-19-32)14-26(21)25(10-22)27-15-40-8-7-37(27)30(39)42-31(2,3)4/h9-13,27H,5-8,14-19H2,1-4H3,(H,33,34)/t27-/m0/s1. The molecule has 1 atom stereocenters. The molecule has 3 aromatic rings. The van der Waals surface area contributed by atoms with Gasteiger partial charge in [-0.15, -0.1) is 0 Å². The first kappa shape index (κ1) is 27.2. The number of nitrogens with zero attached hydrogens (tertiary/aromatic N) is 4. The van der Waals surface area contributed by atoms with E-state index in [9.17, 15) is 9.59 Å². The number of aryl methyl sites for hydroxylation is 1. The SMILES string of the molecule is Cc1c[nH]c2ncc(-c3cc4c(c([C@@H]5COCCN5C(=O)OC(C)(C)C)c3)CN(C(=O)N3CC5(COC5)C3)CC4)cc12. The molecule has 1 aromatic carbocycles. The average Bonchev–Trinajstić information content (AvgIpc) is 3.29. The minimum atomic E-state index is -0.611. The minimum Gasteiger partial charge on any atom is -0.444 e. The highest BCUT2D eigenvalue weighted by Gasteiger charge is 2.51. The van der Waals surface area contributed by atoms with Gasteiger partial charge < -0.3 is 29.0 Å². The number of benzene rings is 1. The summed E-state index contributed by atoms with van der Waals surface area (Å²) in [4.78, 5) is 40.6. The number of rotatable bonds is 2. The van der Waals surface area contributed by atoms with Crippen molar-refractivity contribution >= 4 is 23.2 Å². The third-order valence-corrected chi connectivity index (χ3v) is 8.97. The largest absolute Gasteiger partial charge is 0.444 e. The van der Waals surface area contributed by atoms with Gasteiger partial charge in [-0.25, -0.2) is 14.6 Å². The van der Waals surface area contributed by atoms with E-state index in [1.165, 1.54) is 5.56 Å². The van der Waals surface area contributed by atoms with Crippen LogP contribution in [-0.4, -0.2) is 95.0 Å². The molecule has 0 saturated carbocycles. The third kappa shape index (κ3) is 4.80. The van der Waals surface area contributed by atoms with Crippen LogP contribution < -0.4 is 0 Å². The molecule has 0 unspecified atom stereocenters. The topological polar surface area (TPSA) is 100 Å². The summed E-state index contributed by atoms with van der Waals surface area (Å²) in [6.07, 6.45) is 4.26. The predicted octanol–water partition coefficient (Wildman–Crippen LogP) is 4.66. The molecule has 4 aliphatic heterocycles. The number of aromatic amines is 1. The summed E-state index contributed by atoms with van der Waals surface area (Å²) in [6, 6.07) is 6.32. The second kappa shape index (κ2) is 9.98. The van der Waals surface area contributed by atoms with Crippen LogP contribution in [0.4, 0.5) is 9.59 Å². The van der Waals surface area contributed by atoms with Crippen LogP contribution in [0.5, 0.6) is 0 Å². The van der Waals surface area contributed by atoms with E-state index in [1.807, 2.05) is 43.0 Å². The van der Waals surface area contributed by atoms with Gasteiger partial charge >= 0.3 is 12.1 Å². The molecule has 10 nitrogen and oxygen atoms in total. The van der Waals surface area contributed by atoms with Crippen LogP contribution in [0.2, 0.25) is 0 Å². The van der Waals surface area contributed by atoms with Crippen molar-refractivity contribution in [1.82, 2.24) is 24.7 Å². The van der Waals surface area contributed by atoms with Crippen molar-refractivity contribution in [3.05, 3.63) is 52.8 Å². The first-order chi connectivity index (χ1) is 20.1. The van der Waals surface area contributed by atoms with E-state index in [0.29, 0.717) is 32.8 Å². The third-order valence-electron chi connectivity index (χ3n) is 8.97. The van der Waals surface area contributed by atoms with Crippen LogP contribution in [0.1, 0.15) is 49.1 Å². The Balaban J connectivity index is 1.26. The number of urea groups is 1. The second-order valence-corrected chi connectivity index (χ2v) is 13.4. The molecular weight excluding hydrogens is 534 g/mol. The van der Waals surface area contributed by atoms with Crippen molar-refractivity contribution in [2.24, 2.45) is 5.41 Å². The zero-order chi connectivity index (χ0) is 29.2. The first-order valence-corrected chi connectivity index (χ1v) is 14.9. The van der Waals surface area contributed by atoms with Crippen LogP contribution >= 0.6 is 0 Å².